The number of aromatic nitrogens is 12. The summed E-state index contributed by atoms with van der Waals surface area (Å²) in [4.78, 5) is 41.5. The molecule has 0 saturated heterocycles. The van der Waals surface area contributed by atoms with Crippen LogP contribution in [0.5, 0.6) is 5.88 Å². The number of fused-ring (bicyclic) bond motifs is 2. The van der Waals surface area contributed by atoms with Gasteiger partial charge in [0.15, 0.2) is 0 Å². The largest absolute Gasteiger partial charge is 0.493 e. The van der Waals surface area contributed by atoms with Crippen LogP contribution in [0.2, 0.25) is 20.4 Å². The van der Waals surface area contributed by atoms with Crippen molar-refractivity contribution in [2.45, 2.75) is 7.43 Å². The van der Waals surface area contributed by atoms with Gasteiger partial charge < -0.3 is 5.11 Å². The van der Waals surface area contributed by atoms with Crippen LogP contribution in [0.25, 0.3) is 34.1 Å². The minimum atomic E-state index is -0.561. The Kier molecular flexibility index (Phi) is 7.45. The van der Waals surface area contributed by atoms with Gasteiger partial charge in [-0.15, -0.1) is 0 Å². The van der Waals surface area contributed by atoms with Gasteiger partial charge in [-0.2, -0.15) is 34.2 Å². The van der Waals surface area contributed by atoms with E-state index in [2.05, 4.69) is 50.1 Å². The number of aromatic amines is 1. The molecule has 6 aromatic rings. The Bertz CT molecular complexity index is 1800. The molecule has 37 heavy (non-hydrogen) atoms. The lowest BCUT2D eigenvalue weighted by molar-refractivity contribution is 0.436. The molecule has 0 unspecified atom stereocenters. The van der Waals surface area contributed by atoms with Crippen molar-refractivity contribution in [3.8, 4) is 28.4 Å². The van der Waals surface area contributed by atoms with Crippen LogP contribution < -0.4 is 5.56 Å². The van der Waals surface area contributed by atoms with Gasteiger partial charge in [-0.3, -0.25) is 9.78 Å². The fourth-order valence-electron chi connectivity index (χ4n) is 3.04. The second kappa shape index (κ2) is 10.6. The Morgan fingerprint density at radius 2 is 1.38 bits per heavy atom. The van der Waals surface area contributed by atoms with Gasteiger partial charge in [-0.1, -0.05) is 53.8 Å². The third kappa shape index (κ3) is 4.74. The van der Waals surface area contributed by atoms with E-state index >= 15 is 0 Å². The molecule has 6 rings (SSSR count). The van der Waals surface area contributed by atoms with Gasteiger partial charge in [0.2, 0.25) is 11.7 Å². The molecule has 0 atom stereocenters. The SMILES string of the molecule is C.Clc1cncnc1-c1c(Cl)nc2ncnn2c1Cl.O=c1[nH]c2ncnn2c(O)c1-c1ncncc1Cl. The summed E-state index contributed by atoms with van der Waals surface area (Å²) in [5, 5.41) is 18.6. The number of H-pyrrole nitrogens is 1. The van der Waals surface area contributed by atoms with Crippen molar-refractivity contribution >= 4 is 58.0 Å². The summed E-state index contributed by atoms with van der Waals surface area (Å²) in [5.74, 6) is 0.0530. The first-order valence-corrected chi connectivity index (χ1v) is 11.0. The van der Waals surface area contributed by atoms with E-state index in [1.165, 1.54) is 42.2 Å². The topological polar surface area (TPSA) is 178 Å². The quantitative estimate of drug-likeness (QED) is 0.286. The number of hydrogen-bond acceptors (Lipinski definition) is 11. The zero-order valence-electron chi connectivity index (χ0n) is 17.3. The number of nitrogens with one attached hydrogen (secondary N) is 1. The number of hydrogen-bond donors (Lipinski definition) is 2. The van der Waals surface area contributed by atoms with E-state index in [4.69, 9.17) is 46.4 Å². The average molecular weight is 582 g/mol. The van der Waals surface area contributed by atoms with Crippen molar-refractivity contribution in [2.24, 2.45) is 0 Å². The van der Waals surface area contributed by atoms with E-state index in [-0.39, 0.29) is 45.7 Å². The van der Waals surface area contributed by atoms with E-state index in [1.54, 1.807) is 0 Å². The van der Waals surface area contributed by atoms with Gasteiger partial charge in [0.1, 0.15) is 46.9 Å². The van der Waals surface area contributed by atoms with Crippen LogP contribution in [0.3, 0.4) is 0 Å². The summed E-state index contributed by atoms with van der Waals surface area (Å²) in [5.41, 5.74) is 0.270. The number of aromatic hydroxyl groups is 1. The maximum absolute atomic E-state index is 11.9. The van der Waals surface area contributed by atoms with E-state index in [1.807, 2.05) is 0 Å². The Balaban J connectivity index is 0.000000168. The van der Waals surface area contributed by atoms with Gasteiger partial charge in [0, 0.05) is 12.4 Å². The standard InChI is InChI=1S/C9H3Cl3N6.C9H5ClN6O2.CH4/c10-4-1-13-2-14-6(4)5-7(11)17-9-15-3-16-18(9)8(5)12;10-4-1-11-2-12-6(4)5-7(17)15-9-13-3-14-16(9)8(5)18;/h1-3H;1-3,18H,(H,13,14,15,17);1H4. The molecule has 0 spiro atoms. The predicted octanol–water partition coefficient (Wildman–Crippen LogP) is 3.41. The molecule has 14 nitrogen and oxygen atoms in total. The van der Waals surface area contributed by atoms with Crippen molar-refractivity contribution in [3.05, 3.63) is 68.4 Å². The summed E-state index contributed by atoms with van der Waals surface area (Å²) >= 11 is 24.2. The van der Waals surface area contributed by atoms with Gasteiger partial charge in [0.25, 0.3) is 11.3 Å². The average Bonchev–Trinajstić information content (AvgIpc) is 3.52. The minimum Gasteiger partial charge on any atom is -0.493 e. The van der Waals surface area contributed by atoms with E-state index in [0.29, 0.717) is 22.1 Å². The molecule has 0 aliphatic heterocycles. The number of halogens is 4. The third-order valence-corrected chi connectivity index (χ3v) is 5.74. The monoisotopic (exact) mass is 580 g/mol. The smallest absolute Gasteiger partial charge is 0.265 e. The van der Waals surface area contributed by atoms with E-state index in [0.717, 1.165) is 4.52 Å². The van der Waals surface area contributed by atoms with E-state index in [9.17, 15) is 9.90 Å². The molecule has 0 radical (unpaired) electrons. The van der Waals surface area contributed by atoms with Crippen molar-refractivity contribution < 1.29 is 5.11 Å². The summed E-state index contributed by atoms with van der Waals surface area (Å²) in [7, 11) is 0. The molecule has 0 saturated carbocycles. The molecule has 0 aliphatic rings. The zero-order valence-corrected chi connectivity index (χ0v) is 20.3. The van der Waals surface area contributed by atoms with Gasteiger partial charge in [-0.25, -0.2) is 19.9 Å². The Morgan fingerprint density at radius 3 is 2.03 bits per heavy atom. The highest BCUT2D eigenvalue weighted by Gasteiger charge is 2.20. The molecule has 0 amide bonds. The summed E-state index contributed by atoms with van der Waals surface area (Å²) < 4.78 is 2.43. The van der Waals surface area contributed by atoms with Crippen LogP contribution in [0.4, 0.5) is 0 Å². The Hall–Kier alpha value is -3.98. The predicted molar refractivity (Wildman–Crippen MR) is 135 cm³/mol. The summed E-state index contributed by atoms with van der Waals surface area (Å²) in [6.45, 7) is 0. The Morgan fingerprint density at radius 1 is 0.784 bits per heavy atom. The first-order chi connectivity index (χ1) is 17.4. The molecular weight excluding hydrogens is 570 g/mol. The lowest BCUT2D eigenvalue weighted by Crippen LogP contribution is -2.13. The summed E-state index contributed by atoms with van der Waals surface area (Å²) in [6, 6.07) is 0. The first kappa shape index (κ1) is 26.1. The molecule has 0 bridgehead atoms. The fourth-order valence-corrected chi connectivity index (χ4v) is 4.04. The Labute approximate surface area is 226 Å². The zero-order chi connectivity index (χ0) is 25.4. The molecule has 0 fully saturated rings. The molecular formula is C19H12Cl4N12O2. The van der Waals surface area contributed by atoms with Crippen LogP contribution in [0.15, 0.2) is 42.5 Å². The van der Waals surface area contributed by atoms with Crippen molar-refractivity contribution in [1.82, 2.24) is 59.1 Å². The van der Waals surface area contributed by atoms with Gasteiger partial charge >= 0.3 is 0 Å². The molecule has 6 aromatic heterocycles. The number of nitrogens with zero attached hydrogens (tertiary/aromatic N) is 11. The second-order valence-corrected chi connectivity index (χ2v) is 8.16. The molecule has 6 heterocycles. The van der Waals surface area contributed by atoms with Gasteiger partial charge in [0.05, 0.1) is 21.3 Å². The lowest BCUT2D eigenvalue weighted by atomic mass is 10.2. The van der Waals surface area contributed by atoms with Crippen LogP contribution in [0, 0.1) is 0 Å². The van der Waals surface area contributed by atoms with Gasteiger partial charge in [-0.05, 0) is 0 Å². The maximum Gasteiger partial charge on any atom is 0.265 e. The first-order valence-electron chi connectivity index (χ1n) is 9.48. The minimum absolute atomic E-state index is 0. The second-order valence-electron chi connectivity index (χ2n) is 6.63. The van der Waals surface area contributed by atoms with Crippen LogP contribution >= 0.6 is 46.4 Å². The van der Waals surface area contributed by atoms with Crippen LogP contribution in [-0.4, -0.2) is 64.2 Å². The fraction of sp³-hybridized carbons (Fsp3) is 0.0526. The van der Waals surface area contributed by atoms with Crippen molar-refractivity contribution in [2.75, 3.05) is 0 Å². The van der Waals surface area contributed by atoms with Crippen LogP contribution in [0.1, 0.15) is 7.43 Å². The molecule has 2 N–H and O–H groups in total. The highest BCUT2D eigenvalue weighted by molar-refractivity contribution is 6.40. The maximum atomic E-state index is 11.9. The molecule has 0 aliphatic carbocycles. The highest BCUT2D eigenvalue weighted by atomic mass is 35.5. The van der Waals surface area contributed by atoms with Crippen molar-refractivity contribution in [3.63, 3.8) is 0 Å². The van der Waals surface area contributed by atoms with Crippen molar-refractivity contribution in [1.29, 1.82) is 0 Å². The molecule has 0 aromatic carbocycles. The third-order valence-electron chi connectivity index (χ3n) is 4.56. The number of rotatable bonds is 2. The highest BCUT2D eigenvalue weighted by Crippen LogP contribution is 2.35. The normalized spacial score (nSPS) is 10.7. The summed E-state index contributed by atoms with van der Waals surface area (Å²) in [6.07, 6.45) is 7.88. The molecule has 188 valence electrons. The molecule has 18 heteroatoms. The van der Waals surface area contributed by atoms with E-state index < -0.39 is 5.56 Å². The lowest BCUT2D eigenvalue weighted by Gasteiger charge is -2.07. The van der Waals surface area contributed by atoms with Crippen LogP contribution in [-0.2, 0) is 0 Å².